The number of esters is 1. The molecule has 2 fully saturated rings. The van der Waals surface area contributed by atoms with E-state index in [2.05, 4.69) is 4.98 Å². The number of hydrogen-bond donors (Lipinski definition) is 0. The van der Waals surface area contributed by atoms with E-state index in [1.165, 1.54) is 17.2 Å². The number of fused-ring (bicyclic) bond motifs is 2. The second-order valence-corrected chi connectivity index (χ2v) is 7.21. The van der Waals surface area contributed by atoms with Crippen molar-refractivity contribution in [2.24, 2.45) is 11.8 Å². The van der Waals surface area contributed by atoms with Crippen LogP contribution in [0.1, 0.15) is 44.1 Å². The summed E-state index contributed by atoms with van der Waals surface area (Å²) < 4.78 is 18.7. The van der Waals surface area contributed by atoms with Crippen LogP contribution in [-0.2, 0) is 9.53 Å². The van der Waals surface area contributed by atoms with Crippen molar-refractivity contribution in [2.75, 3.05) is 6.61 Å². The van der Waals surface area contributed by atoms with Crippen molar-refractivity contribution in [3.8, 4) is 0 Å². The molecule has 4 rings (SSSR count). The van der Waals surface area contributed by atoms with Gasteiger partial charge in [-0.3, -0.25) is 4.98 Å². The van der Waals surface area contributed by atoms with Crippen molar-refractivity contribution in [3.05, 3.63) is 53.5 Å². The van der Waals surface area contributed by atoms with Crippen molar-refractivity contribution in [1.82, 2.24) is 4.98 Å². The molecule has 3 nitrogen and oxygen atoms in total. The van der Waals surface area contributed by atoms with Crippen molar-refractivity contribution < 1.29 is 13.9 Å². The van der Waals surface area contributed by atoms with Crippen molar-refractivity contribution in [2.45, 2.75) is 38.5 Å². The first-order chi connectivity index (χ1) is 12.1. The van der Waals surface area contributed by atoms with Crippen LogP contribution in [0.4, 0.5) is 4.39 Å². The first kappa shape index (κ1) is 16.2. The van der Waals surface area contributed by atoms with Crippen molar-refractivity contribution in [3.63, 3.8) is 0 Å². The zero-order valence-electron chi connectivity index (χ0n) is 14.4. The number of ether oxygens (including phenoxy) is 1. The molecule has 2 saturated carbocycles. The first-order valence-electron chi connectivity index (χ1n) is 9.04. The Morgan fingerprint density at radius 2 is 2.04 bits per heavy atom. The number of rotatable bonds is 3. The number of nitrogens with zero attached hydrogens (tertiary/aromatic N) is 1. The fourth-order valence-corrected chi connectivity index (χ4v) is 4.69. The molecule has 0 N–H and O–H groups in total. The van der Waals surface area contributed by atoms with E-state index in [4.69, 9.17) is 4.74 Å². The molecule has 130 valence electrons. The summed E-state index contributed by atoms with van der Waals surface area (Å²) in [4.78, 5) is 16.0. The number of hydrogen-bond acceptors (Lipinski definition) is 3. The highest BCUT2D eigenvalue weighted by atomic mass is 19.1. The Balaban J connectivity index is 1.52. The average Bonchev–Trinajstić information content (AvgIpc) is 3.12. The van der Waals surface area contributed by atoms with Gasteiger partial charge in [-0.25, -0.2) is 9.18 Å². The molecule has 1 aromatic heterocycles. The Kier molecular flexibility index (Phi) is 4.28. The zero-order chi connectivity index (χ0) is 17.4. The molecule has 0 saturated heterocycles. The lowest BCUT2D eigenvalue weighted by Crippen LogP contribution is -2.01. The molecule has 3 atom stereocenters. The number of pyridine rings is 1. The Labute approximate surface area is 146 Å². The Morgan fingerprint density at radius 1 is 1.28 bits per heavy atom. The number of carbonyl (C=O) groups excluding carboxylic acids is 1. The van der Waals surface area contributed by atoms with Crippen LogP contribution in [-0.4, -0.2) is 17.6 Å². The largest absolute Gasteiger partial charge is 0.463 e. The normalized spacial score (nSPS) is 27.0. The lowest BCUT2D eigenvalue weighted by Gasteiger charge is -2.14. The summed E-state index contributed by atoms with van der Waals surface area (Å²) in [5, 5.41) is 0.940. The minimum absolute atomic E-state index is 0.209. The third kappa shape index (κ3) is 3.17. The van der Waals surface area contributed by atoms with Gasteiger partial charge < -0.3 is 4.74 Å². The van der Waals surface area contributed by atoms with E-state index in [0.29, 0.717) is 24.4 Å². The van der Waals surface area contributed by atoms with Gasteiger partial charge in [0.1, 0.15) is 5.82 Å². The van der Waals surface area contributed by atoms with Gasteiger partial charge in [-0.15, -0.1) is 0 Å². The van der Waals surface area contributed by atoms with E-state index in [1.807, 2.05) is 19.2 Å². The van der Waals surface area contributed by atoms with E-state index in [-0.39, 0.29) is 11.8 Å². The van der Waals surface area contributed by atoms with Crippen LogP contribution in [0.2, 0.25) is 0 Å². The van der Waals surface area contributed by atoms with E-state index in [0.717, 1.165) is 36.6 Å². The zero-order valence-corrected chi connectivity index (χ0v) is 14.4. The second-order valence-electron chi connectivity index (χ2n) is 7.21. The number of benzene rings is 1. The fourth-order valence-electron chi connectivity index (χ4n) is 4.69. The van der Waals surface area contributed by atoms with E-state index >= 15 is 0 Å². The van der Waals surface area contributed by atoms with Gasteiger partial charge in [0.2, 0.25) is 0 Å². The minimum atomic E-state index is -0.218. The molecule has 0 radical (unpaired) electrons. The van der Waals surface area contributed by atoms with Crippen molar-refractivity contribution >= 4 is 16.9 Å². The van der Waals surface area contributed by atoms with Gasteiger partial charge in [0.05, 0.1) is 12.1 Å². The lowest BCUT2D eigenvalue weighted by molar-refractivity contribution is -0.137. The van der Waals surface area contributed by atoms with Crippen molar-refractivity contribution in [1.29, 1.82) is 0 Å². The minimum Gasteiger partial charge on any atom is -0.463 e. The van der Waals surface area contributed by atoms with Crippen LogP contribution >= 0.6 is 0 Å². The predicted molar refractivity (Wildman–Crippen MR) is 94.6 cm³/mol. The maximum atomic E-state index is 13.7. The maximum absolute atomic E-state index is 13.7. The molecular weight excluding hydrogens is 317 g/mol. The molecule has 2 aliphatic rings. The molecule has 0 aliphatic heterocycles. The molecule has 2 aliphatic carbocycles. The first-order valence-corrected chi connectivity index (χ1v) is 9.04. The number of aromatic nitrogens is 1. The molecule has 4 heteroatoms. The summed E-state index contributed by atoms with van der Waals surface area (Å²) in [6.07, 6.45) is 7.68. The highest BCUT2D eigenvalue weighted by molar-refractivity contribution is 5.83. The lowest BCUT2D eigenvalue weighted by atomic mass is 9.91. The molecule has 0 spiro atoms. The second kappa shape index (κ2) is 6.58. The Morgan fingerprint density at radius 3 is 2.76 bits per heavy atom. The van der Waals surface area contributed by atoms with E-state index in [1.54, 1.807) is 18.2 Å². The van der Waals surface area contributed by atoms with Crippen LogP contribution < -0.4 is 0 Å². The van der Waals surface area contributed by atoms with Crippen LogP contribution in [0.3, 0.4) is 0 Å². The van der Waals surface area contributed by atoms with Crippen LogP contribution in [0.15, 0.2) is 42.1 Å². The van der Waals surface area contributed by atoms with E-state index < -0.39 is 0 Å². The standard InChI is InChI=1S/C21H22FNO2/c1-2-25-21(24)9-13-7-14-10-16(11-15(14)8-13)18-5-6-23-20-4-3-17(22)12-19(18)20/h3-6,9,12,14-16H,2,7-8,10-11H2,1H3/t14-,15?,16?/m0/s1. The third-order valence-electron chi connectivity index (χ3n) is 5.68. The summed E-state index contributed by atoms with van der Waals surface area (Å²) in [6.45, 7) is 2.25. The Hall–Kier alpha value is -2.23. The summed E-state index contributed by atoms with van der Waals surface area (Å²) in [6, 6.07) is 6.87. The van der Waals surface area contributed by atoms with Gasteiger partial charge >= 0.3 is 5.97 Å². The molecule has 0 amide bonds. The van der Waals surface area contributed by atoms with Gasteiger partial charge in [-0.2, -0.15) is 0 Å². The smallest absolute Gasteiger partial charge is 0.330 e. The molecule has 1 aromatic carbocycles. The van der Waals surface area contributed by atoms with Gasteiger partial charge in [0, 0.05) is 17.7 Å². The topological polar surface area (TPSA) is 39.2 Å². The number of halogens is 1. The summed E-state index contributed by atoms with van der Waals surface area (Å²) in [5.41, 5.74) is 3.30. The molecule has 2 unspecified atom stereocenters. The highest BCUT2D eigenvalue weighted by Gasteiger charge is 2.40. The van der Waals surface area contributed by atoms with Gasteiger partial charge in [-0.1, -0.05) is 5.57 Å². The fraction of sp³-hybridized carbons (Fsp3) is 0.429. The predicted octanol–water partition coefficient (Wildman–Crippen LogP) is 4.77. The monoisotopic (exact) mass is 339 g/mol. The third-order valence-corrected chi connectivity index (χ3v) is 5.68. The summed E-state index contributed by atoms with van der Waals surface area (Å²) in [5.74, 6) is 1.25. The summed E-state index contributed by atoms with van der Waals surface area (Å²) in [7, 11) is 0. The van der Waals surface area contributed by atoms with Crippen LogP contribution in [0.25, 0.3) is 10.9 Å². The molecule has 0 bridgehead atoms. The van der Waals surface area contributed by atoms with Gasteiger partial charge in [0.25, 0.3) is 0 Å². The highest BCUT2D eigenvalue weighted by Crippen LogP contribution is 2.53. The van der Waals surface area contributed by atoms with Gasteiger partial charge in [0.15, 0.2) is 0 Å². The van der Waals surface area contributed by atoms with Crippen LogP contribution in [0.5, 0.6) is 0 Å². The van der Waals surface area contributed by atoms with Gasteiger partial charge in [-0.05, 0) is 80.2 Å². The molecular formula is C21H22FNO2. The Bertz CT molecular complexity index is 829. The maximum Gasteiger partial charge on any atom is 0.330 e. The number of allylic oxidation sites excluding steroid dienone is 1. The molecule has 25 heavy (non-hydrogen) atoms. The quantitative estimate of drug-likeness (QED) is 0.597. The van der Waals surface area contributed by atoms with E-state index in [9.17, 15) is 9.18 Å². The number of carbonyl (C=O) groups is 1. The average molecular weight is 339 g/mol. The summed E-state index contributed by atoms with van der Waals surface area (Å²) >= 11 is 0. The molecule has 1 heterocycles. The SMILES string of the molecule is CCOC(=O)C=C1CC2CC(c3ccnc4ccc(F)cc34)C[C@@H]2C1. The molecule has 2 aromatic rings. The van der Waals surface area contributed by atoms with Crippen LogP contribution in [0, 0.1) is 17.7 Å².